The van der Waals surface area contributed by atoms with Crippen LogP contribution in [0, 0.1) is 0 Å². The van der Waals surface area contributed by atoms with E-state index >= 15 is 0 Å². The third-order valence-corrected chi connectivity index (χ3v) is 6.57. The van der Waals surface area contributed by atoms with Gasteiger partial charge in [0.2, 0.25) is 0 Å². The van der Waals surface area contributed by atoms with Gasteiger partial charge in [0.15, 0.2) is 10.3 Å². The predicted molar refractivity (Wildman–Crippen MR) is 135 cm³/mol. The number of methoxy groups -OCH3 is 2. The molecule has 0 bridgehead atoms. The van der Waals surface area contributed by atoms with Crippen molar-refractivity contribution in [2.24, 2.45) is 0 Å². The number of unbranched alkanes of at least 4 members (excludes halogenated alkanes) is 5. The number of hydrogen-bond donors (Lipinski definition) is 2. The van der Waals surface area contributed by atoms with Crippen LogP contribution < -0.4 is 9.47 Å². The van der Waals surface area contributed by atoms with Crippen molar-refractivity contribution in [3.63, 3.8) is 0 Å². The molecule has 0 aliphatic heterocycles. The summed E-state index contributed by atoms with van der Waals surface area (Å²) in [5, 5.41) is 1.53. The smallest absolute Gasteiger partial charge is 0.165 e. The van der Waals surface area contributed by atoms with Crippen molar-refractivity contribution in [3.8, 4) is 11.5 Å². The second-order valence-corrected chi connectivity index (χ2v) is 8.76. The van der Waals surface area contributed by atoms with Crippen LogP contribution in [0.3, 0.4) is 0 Å². The number of aromatic nitrogens is 4. The van der Waals surface area contributed by atoms with Crippen molar-refractivity contribution in [2.45, 2.75) is 61.9 Å². The standard InChI is InChI=1S/C24H30N4O2S2/c1-29-17-9-11-21-19(15-17)25-23(31)27(21)13-7-5-3-4-6-8-14-28-22-12-10-18(30-2)16-20(22)26-24(28)32/h9-12,15-16H,3-8,13-14H2,1-2H3,(H,25,31)(H,26,32). The minimum atomic E-state index is 0.765. The molecule has 6 nitrogen and oxygen atoms in total. The Labute approximate surface area is 199 Å². The molecule has 0 saturated heterocycles. The highest BCUT2D eigenvalue weighted by Crippen LogP contribution is 2.25. The SMILES string of the molecule is COc1ccc2c(c1)nc(S)n2CCCCCCCCn1c(S)nc2cc(OC)ccc21. The van der Waals surface area contributed by atoms with Gasteiger partial charge in [0.1, 0.15) is 11.5 Å². The molecule has 4 aromatic rings. The highest BCUT2D eigenvalue weighted by Gasteiger charge is 2.10. The molecule has 0 unspecified atom stereocenters. The highest BCUT2D eigenvalue weighted by molar-refractivity contribution is 7.80. The summed E-state index contributed by atoms with van der Waals surface area (Å²) in [6.07, 6.45) is 7.12. The molecule has 2 aromatic heterocycles. The van der Waals surface area contributed by atoms with Crippen LogP contribution in [0.25, 0.3) is 22.1 Å². The maximum Gasteiger partial charge on any atom is 0.165 e. The van der Waals surface area contributed by atoms with E-state index in [2.05, 4.69) is 56.5 Å². The van der Waals surface area contributed by atoms with Crippen molar-refractivity contribution >= 4 is 47.3 Å². The topological polar surface area (TPSA) is 54.1 Å². The molecular weight excluding hydrogens is 440 g/mol. The minimum Gasteiger partial charge on any atom is -0.497 e. The molecule has 32 heavy (non-hydrogen) atoms. The van der Waals surface area contributed by atoms with Crippen LogP contribution in [0.5, 0.6) is 11.5 Å². The van der Waals surface area contributed by atoms with E-state index in [0.29, 0.717) is 0 Å². The van der Waals surface area contributed by atoms with Gasteiger partial charge in [0, 0.05) is 25.2 Å². The van der Waals surface area contributed by atoms with E-state index in [-0.39, 0.29) is 0 Å². The molecule has 2 aromatic carbocycles. The van der Waals surface area contributed by atoms with E-state index in [9.17, 15) is 0 Å². The zero-order chi connectivity index (χ0) is 22.5. The zero-order valence-corrected chi connectivity index (χ0v) is 20.4. The van der Waals surface area contributed by atoms with Crippen LogP contribution in [-0.2, 0) is 13.1 Å². The summed E-state index contributed by atoms with van der Waals surface area (Å²) >= 11 is 9.11. The highest BCUT2D eigenvalue weighted by atomic mass is 32.1. The fourth-order valence-electron chi connectivity index (χ4n) is 4.14. The van der Waals surface area contributed by atoms with Crippen LogP contribution in [0.15, 0.2) is 46.7 Å². The lowest BCUT2D eigenvalue weighted by Gasteiger charge is -2.08. The first-order valence-corrected chi connectivity index (χ1v) is 12.0. The molecule has 0 fully saturated rings. The fourth-order valence-corrected chi connectivity index (χ4v) is 4.77. The Hall–Kier alpha value is -2.32. The number of thiol groups is 2. The molecule has 0 N–H and O–H groups in total. The van der Waals surface area contributed by atoms with Gasteiger partial charge < -0.3 is 18.6 Å². The molecule has 0 aliphatic rings. The summed E-state index contributed by atoms with van der Waals surface area (Å²) in [4.78, 5) is 9.10. The Morgan fingerprint density at radius 1 is 0.656 bits per heavy atom. The lowest BCUT2D eigenvalue weighted by atomic mass is 10.1. The summed E-state index contributed by atoms with van der Waals surface area (Å²) in [6.45, 7) is 1.88. The van der Waals surface area contributed by atoms with Gasteiger partial charge in [-0.05, 0) is 37.1 Å². The average molecular weight is 471 g/mol. The van der Waals surface area contributed by atoms with Crippen LogP contribution in [0.2, 0.25) is 0 Å². The quantitative estimate of drug-likeness (QED) is 0.208. The van der Waals surface area contributed by atoms with Crippen molar-refractivity contribution in [2.75, 3.05) is 14.2 Å². The first-order valence-electron chi connectivity index (χ1n) is 11.1. The second-order valence-electron chi connectivity index (χ2n) is 7.96. The minimum absolute atomic E-state index is 0.765. The summed E-state index contributed by atoms with van der Waals surface area (Å²) in [5.41, 5.74) is 4.10. The second kappa shape index (κ2) is 10.5. The van der Waals surface area contributed by atoms with E-state index in [4.69, 9.17) is 9.47 Å². The van der Waals surface area contributed by atoms with Gasteiger partial charge in [-0.15, -0.1) is 25.3 Å². The number of aryl methyl sites for hydroxylation is 2. The van der Waals surface area contributed by atoms with Crippen LogP contribution >= 0.6 is 25.3 Å². The molecule has 0 amide bonds. The number of hydrogen-bond acceptors (Lipinski definition) is 6. The lowest BCUT2D eigenvalue weighted by molar-refractivity contribution is 0.415. The Morgan fingerprint density at radius 2 is 1.06 bits per heavy atom. The maximum absolute atomic E-state index is 5.29. The van der Waals surface area contributed by atoms with Crippen molar-refractivity contribution in [1.82, 2.24) is 19.1 Å². The van der Waals surface area contributed by atoms with Crippen LogP contribution in [-0.4, -0.2) is 33.3 Å². The van der Waals surface area contributed by atoms with Crippen molar-refractivity contribution in [3.05, 3.63) is 36.4 Å². The molecule has 2 heterocycles. The zero-order valence-electron chi connectivity index (χ0n) is 18.6. The number of fused-ring (bicyclic) bond motifs is 2. The van der Waals surface area contributed by atoms with Crippen molar-refractivity contribution < 1.29 is 9.47 Å². The van der Waals surface area contributed by atoms with E-state index in [0.717, 1.165) is 69.8 Å². The van der Waals surface area contributed by atoms with Gasteiger partial charge in [0.05, 0.1) is 36.3 Å². The van der Waals surface area contributed by atoms with Gasteiger partial charge in [-0.2, -0.15) is 0 Å². The van der Waals surface area contributed by atoms with Crippen molar-refractivity contribution in [1.29, 1.82) is 0 Å². The molecule has 0 saturated carbocycles. The van der Waals surface area contributed by atoms with Gasteiger partial charge in [0.25, 0.3) is 0 Å². The van der Waals surface area contributed by atoms with E-state index in [1.165, 1.54) is 25.7 Å². The average Bonchev–Trinajstić information content (AvgIpc) is 3.29. The van der Waals surface area contributed by atoms with E-state index < -0.39 is 0 Å². The third-order valence-electron chi connectivity index (χ3n) is 5.88. The molecule has 0 aliphatic carbocycles. The van der Waals surface area contributed by atoms with Crippen LogP contribution in [0.1, 0.15) is 38.5 Å². The Balaban J connectivity index is 1.19. The molecule has 0 atom stereocenters. The first kappa shape index (κ1) is 22.9. The molecular formula is C24H30N4O2S2. The van der Waals surface area contributed by atoms with E-state index in [1.54, 1.807) is 14.2 Å². The summed E-state index contributed by atoms with van der Waals surface area (Å²) in [5.74, 6) is 1.65. The summed E-state index contributed by atoms with van der Waals surface area (Å²) < 4.78 is 14.9. The largest absolute Gasteiger partial charge is 0.497 e. The molecule has 0 spiro atoms. The maximum atomic E-state index is 5.29. The third kappa shape index (κ3) is 5.02. The summed E-state index contributed by atoms with van der Waals surface area (Å²) in [7, 11) is 3.35. The molecule has 8 heteroatoms. The van der Waals surface area contributed by atoms with E-state index in [1.807, 2.05) is 24.3 Å². The van der Waals surface area contributed by atoms with Gasteiger partial charge in [-0.3, -0.25) is 0 Å². The van der Waals surface area contributed by atoms with Gasteiger partial charge in [-0.25, -0.2) is 9.97 Å². The summed E-state index contributed by atoms with van der Waals surface area (Å²) in [6, 6.07) is 12.0. The fraction of sp³-hybridized carbons (Fsp3) is 0.417. The number of nitrogens with zero attached hydrogens (tertiary/aromatic N) is 4. The Bertz CT molecular complexity index is 1110. The first-order chi connectivity index (χ1) is 15.6. The van der Waals surface area contributed by atoms with Crippen LogP contribution in [0.4, 0.5) is 0 Å². The number of benzene rings is 2. The number of rotatable bonds is 11. The predicted octanol–water partition coefficient (Wildman–Crippen LogP) is 6.02. The van der Waals surface area contributed by atoms with Gasteiger partial charge >= 0.3 is 0 Å². The lowest BCUT2D eigenvalue weighted by Crippen LogP contribution is -2.00. The monoisotopic (exact) mass is 470 g/mol. The number of imidazole rings is 2. The Morgan fingerprint density at radius 3 is 1.47 bits per heavy atom. The normalized spacial score (nSPS) is 11.5. The van der Waals surface area contributed by atoms with Gasteiger partial charge in [-0.1, -0.05) is 25.7 Å². The Kier molecular flexibility index (Phi) is 7.52. The molecule has 170 valence electrons. The molecule has 0 radical (unpaired) electrons. The number of ether oxygens (including phenoxy) is 2. The molecule has 4 rings (SSSR count).